The first kappa shape index (κ1) is 23.9. The summed E-state index contributed by atoms with van der Waals surface area (Å²) >= 11 is 0. The second-order valence-corrected chi connectivity index (χ2v) is 11.5. The van der Waals surface area contributed by atoms with Crippen molar-refractivity contribution in [3.8, 4) is 0 Å². The summed E-state index contributed by atoms with van der Waals surface area (Å²) in [5.41, 5.74) is 0.925. The third-order valence-corrected chi connectivity index (χ3v) is 8.52. The van der Waals surface area contributed by atoms with Crippen LogP contribution in [0.4, 0.5) is 16.2 Å². The lowest BCUT2D eigenvalue weighted by Gasteiger charge is -2.28. The Bertz CT molecular complexity index is 1270. The van der Waals surface area contributed by atoms with Crippen LogP contribution in [-0.4, -0.2) is 38.0 Å². The van der Waals surface area contributed by atoms with E-state index in [0.29, 0.717) is 18.4 Å². The van der Waals surface area contributed by atoms with Crippen LogP contribution in [0.25, 0.3) is 10.9 Å². The molecule has 0 aliphatic heterocycles. The largest absolute Gasteiger partial charge is 0.369 e. The van der Waals surface area contributed by atoms with Crippen LogP contribution in [-0.2, 0) is 10.0 Å². The van der Waals surface area contributed by atoms with Crippen LogP contribution in [0, 0.1) is 23.6 Å². The van der Waals surface area contributed by atoms with Gasteiger partial charge < -0.3 is 10.6 Å². The van der Waals surface area contributed by atoms with Crippen molar-refractivity contribution in [2.45, 2.75) is 43.4 Å². The van der Waals surface area contributed by atoms with Gasteiger partial charge in [-0.25, -0.2) is 22.5 Å². The lowest BCUT2D eigenvalue weighted by atomic mass is 9.82. The van der Waals surface area contributed by atoms with Crippen LogP contribution >= 0.6 is 0 Å². The van der Waals surface area contributed by atoms with Crippen LogP contribution in [0.1, 0.15) is 38.5 Å². The first-order chi connectivity index (χ1) is 17.0. The molecule has 9 heteroatoms. The van der Waals surface area contributed by atoms with Gasteiger partial charge in [0, 0.05) is 25.0 Å². The molecule has 1 heterocycles. The van der Waals surface area contributed by atoms with Crippen molar-refractivity contribution in [3.63, 3.8) is 0 Å². The van der Waals surface area contributed by atoms with Crippen LogP contribution in [0.3, 0.4) is 0 Å². The third kappa shape index (κ3) is 6.08. The normalized spacial score (nSPS) is 20.6. The Balaban J connectivity index is 1.12. The Hall–Kier alpha value is -2.78. The van der Waals surface area contributed by atoms with Crippen LogP contribution in [0.2, 0.25) is 0 Å². The molecule has 2 aliphatic rings. The topological polar surface area (TPSA) is 96.0 Å². The summed E-state index contributed by atoms with van der Waals surface area (Å²) in [6.45, 7) is 2.07. The number of hydrogen-bond acceptors (Lipinski definition) is 6. The van der Waals surface area contributed by atoms with E-state index in [0.717, 1.165) is 67.5 Å². The highest BCUT2D eigenvalue weighted by Gasteiger charge is 2.25. The fraction of sp³-hybridized carbons (Fsp3) is 0.462. The molecule has 1 aromatic heterocycles. The Morgan fingerprint density at radius 3 is 2.09 bits per heavy atom. The van der Waals surface area contributed by atoms with Crippen molar-refractivity contribution in [1.29, 1.82) is 0 Å². The molecule has 35 heavy (non-hydrogen) atoms. The highest BCUT2D eigenvalue weighted by Crippen LogP contribution is 2.31. The number of halogens is 1. The maximum Gasteiger partial charge on any atom is 0.243 e. The number of anilines is 2. The summed E-state index contributed by atoms with van der Waals surface area (Å²) in [7, 11) is -3.84. The lowest BCUT2D eigenvalue weighted by Crippen LogP contribution is -2.32. The van der Waals surface area contributed by atoms with Gasteiger partial charge in [0.2, 0.25) is 16.0 Å². The minimum Gasteiger partial charge on any atom is -0.369 e. The molecule has 0 amide bonds. The SMILES string of the molecule is O=S(=O)(NC[C@H]1CC[C@H](CNc2nc(NCC3CC3)c3ccccc3n2)CC1)c1ccccc1F. The van der Waals surface area contributed by atoms with E-state index in [9.17, 15) is 12.8 Å². The maximum absolute atomic E-state index is 13.9. The van der Waals surface area contributed by atoms with E-state index in [1.807, 2.05) is 18.2 Å². The number of fused-ring (bicyclic) bond motifs is 1. The van der Waals surface area contributed by atoms with Gasteiger partial charge in [-0.05, 0) is 80.5 Å². The number of aromatic nitrogens is 2. The van der Waals surface area contributed by atoms with E-state index in [1.165, 1.54) is 31.0 Å². The maximum atomic E-state index is 13.9. The third-order valence-electron chi connectivity index (χ3n) is 7.06. The molecule has 2 fully saturated rings. The van der Waals surface area contributed by atoms with Crippen molar-refractivity contribution in [2.75, 3.05) is 30.3 Å². The standard InChI is InChI=1S/C26H32FN5O2S/c27-22-6-2-4-8-24(22)35(33,34)30-17-20-13-11-19(12-14-20)16-29-26-31-23-7-3-1-5-21(23)25(32-26)28-15-18-9-10-18/h1-8,18-20,30H,9-17H2,(H2,28,29,31,32)/t19-,20-. The van der Waals surface area contributed by atoms with Gasteiger partial charge in [-0.3, -0.25) is 0 Å². The predicted octanol–water partition coefficient (Wildman–Crippen LogP) is 4.79. The second kappa shape index (κ2) is 10.5. The molecule has 7 nitrogen and oxygen atoms in total. The number of nitrogens with zero attached hydrogens (tertiary/aromatic N) is 2. The first-order valence-corrected chi connectivity index (χ1v) is 13.9. The first-order valence-electron chi connectivity index (χ1n) is 12.5. The summed E-state index contributed by atoms with van der Waals surface area (Å²) in [5, 5.41) is 7.98. The molecule has 0 radical (unpaired) electrons. The monoisotopic (exact) mass is 497 g/mol. The van der Waals surface area contributed by atoms with Gasteiger partial charge in [-0.2, -0.15) is 4.98 Å². The average Bonchev–Trinajstić information content (AvgIpc) is 3.70. The molecule has 0 spiro atoms. The van der Waals surface area contributed by atoms with Gasteiger partial charge in [0.25, 0.3) is 0 Å². The molecule has 2 aromatic carbocycles. The molecule has 0 unspecified atom stereocenters. The Labute approximate surface area is 206 Å². The Morgan fingerprint density at radius 1 is 0.771 bits per heavy atom. The summed E-state index contributed by atoms with van der Waals surface area (Å²) in [4.78, 5) is 9.16. The predicted molar refractivity (Wildman–Crippen MR) is 136 cm³/mol. The van der Waals surface area contributed by atoms with E-state index in [4.69, 9.17) is 9.97 Å². The number of rotatable bonds is 10. The van der Waals surface area contributed by atoms with E-state index in [1.54, 1.807) is 0 Å². The summed E-state index contributed by atoms with van der Waals surface area (Å²) in [6.07, 6.45) is 6.43. The molecule has 0 atom stereocenters. The molecule has 2 saturated carbocycles. The van der Waals surface area contributed by atoms with Gasteiger partial charge in [-0.1, -0.05) is 24.3 Å². The van der Waals surface area contributed by atoms with Crippen LogP contribution < -0.4 is 15.4 Å². The molecule has 5 rings (SSSR count). The number of nitrogens with one attached hydrogen (secondary N) is 3. The lowest BCUT2D eigenvalue weighted by molar-refractivity contribution is 0.284. The molecule has 3 N–H and O–H groups in total. The van der Waals surface area contributed by atoms with E-state index in [2.05, 4.69) is 21.4 Å². The zero-order valence-electron chi connectivity index (χ0n) is 19.7. The molecular formula is C26H32FN5O2S. The number of para-hydroxylation sites is 1. The molecule has 0 saturated heterocycles. The number of sulfonamides is 1. The van der Waals surface area contributed by atoms with Gasteiger partial charge in [-0.15, -0.1) is 0 Å². The van der Waals surface area contributed by atoms with Crippen LogP contribution in [0.15, 0.2) is 53.4 Å². The zero-order valence-corrected chi connectivity index (χ0v) is 20.5. The molecule has 2 aliphatic carbocycles. The minimum absolute atomic E-state index is 0.253. The summed E-state index contributed by atoms with van der Waals surface area (Å²) in [5.74, 6) is 2.29. The number of benzene rings is 2. The molecule has 0 bridgehead atoms. The van der Waals surface area contributed by atoms with E-state index in [-0.39, 0.29) is 10.8 Å². The van der Waals surface area contributed by atoms with Crippen molar-refractivity contribution < 1.29 is 12.8 Å². The van der Waals surface area contributed by atoms with E-state index < -0.39 is 15.8 Å². The van der Waals surface area contributed by atoms with Crippen molar-refractivity contribution in [2.24, 2.45) is 17.8 Å². The van der Waals surface area contributed by atoms with Crippen molar-refractivity contribution >= 4 is 32.7 Å². The smallest absolute Gasteiger partial charge is 0.243 e. The zero-order chi connectivity index (χ0) is 24.3. The average molecular weight is 498 g/mol. The van der Waals surface area contributed by atoms with Gasteiger partial charge in [0.15, 0.2) is 0 Å². The fourth-order valence-electron chi connectivity index (χ4n) is 4.70. The highest BCUT2D eigenvalue weighted by atomic mass is 32.2. The fourth-order valence-corrected chi connectivity index (χ4v) is 5.89. The van der Waals surface area contributed by atoms with Gasteiger partial charge >= 0.3 is 0 Å². The molecule has 3 aromatic rings. The Morgan fingerprint density at radius 2 is 1.37 bits per heavy atom. The van der Waals surface area contributed by atoms with Crippen LogP contribution in [0.5, 0.6) is 0 Å². The van der Waals surface area contributed by atoms with Crippen molar-refractivity contribution in [3.05, 3.63) is 54.3 Å². The summed E-state index contributed by atoms with van der Waals surface area (Å²) in [6, 6.07) is 13.5. The number of hydrogen-bond donors (Lipinski definition) is 3. The van der Waals surface area contributed by atoms with Gasteiger partial charge in [0.1, 0.15) is 16.5 Å². The molecule has 186 valence electrons. The van der Waals surface area contributed by atoms with Crippen molar-refractivity contribution in [1.82, 2.24) is 14.7 Å². The minimum atomic E-state index is -3.84. The second-order valence-electron chi connectivity index (χ2n) is 9.79. The van der Waals surface area contributed by atoms with Gasteiger partial charge in [0.05, 0.1) is 5.52 Å². The van der Waals surface area contributed by atoms with E-state index >= 15 is 0 Å². The molecular weight excluding hydrogens is 465 g/mol. The quantitative estimate of drug-likeness (QED) is 0.373. The Kier molecular flexibility index (Phi) is 7.15. The highest BCUT2D eigenvalue weighted by molar-refractivity contribution is 7.89. The summed E-state index contributed by atoms with van der Waals surface area (Å²) < 4.78 is 41.4.